The molecule has 2 heterocycles. The topological polar surface area (TPSA) is 55.9 Å². The summed E-state index contributed by atoms with van der Waals surface area (Å²) >= 11 is 3.48. The number of aryl methyl sites for hydroxylation is 2. The molecule has 0 spiro atoms. The summed E-state index contributed by atoms with van der Waals surface area (Å²) in [5, 5.41) is 13.6. The van der Waals surface area contributed by atoms with Crippen molar-refractivity contribution in [3.8, 4) is 0 Å². The van der Waals surface area contributed by atoms with Crippen LogP contribution < -0.4 is 0 Å². The summed E-state index contributed by atoms with van der Waals surface area (Å²) in [6.45, 7) is 2.50. The molecule has 1 N–H and O–H groups in total. The fourth-order valence-electron chi connectivity index (χ4n) is 2.29. The van der Waals surface area contributed by atoms with E-state index in [1.165, 1.54) is 0 Å². The highest BCUT2D eigenvalue weighted by Crippen LogP contribution is 2.20. The lowest BCUT2D eigenvalue weighted by Crippen LogP contribution is -2.06. The number of aliphatic hydroxyl groups is 1. The number of aromatic nitrogens is 4. The van der Waals surface area contributed by atoms with Gasteiger partial charge in [-0.3, -0.25) is 4.68 Å². The summed E-state index contributed by atoms with van der Waals surface area (Å²) < 4.78 is 4.92. The summed E-state index contributed by atoms with van der Waals surface area (Å²) in [6, 6.07) is 6.04. The van der Waals surface area contributed by atoms with Crippen molar-refractivity contribution in [3.63, 3.8) is 0 Å². The Labute approximate surface area is 125 Å². The third kappa shape index (κ3) is 2.25. The maximum absolute atomic E-state index is 9.22. The van der Waals surface area contributed by atoms with Crippen LogP contribution in [0.25, 0.3) is 11.0 Å². The largest absolute Gasteiger partial charge is 0.392 e. The van der Waals surface area contributed by atoms with Gasteiger partial charge in [0.1, 0.15) is 5.82 Å². The Morgan fingerprint density at radius 3 is 2.85 bits per heavy atom. The minimum Gasteiger partial charge on any atom is -0.392 e. The third-order valence-electron chi connectivity index (χ3n) is 3.46. The summed E-state index contributed by atoms with van der Waals surface area (Å²) in [5.41, 5.74) is 3.76. The van der Waals surface area contributed by atoms with Gasteiger partial charge in [-0.15, -0.1) is 0 Å². The van der Waals surface area contributed by atoms with Crippen LogP contribution in [-0.4, -0.2) is 24.4 Å². The molecule has 6 heteroatoms. The number of nitrogens with zero attached hydrogens (tertiary/aromatic N) is 4. The van der Waals surface area contributed by atoms with E-state index < -0.39 is 0 Å². The van der Waals surface area contributed by atoms with Crippen LogP contribution >= 0.6 is 15.9 Å². The first kappa shape index (κ1) is 13.3. The lowest BCUT2D eigenvalue weighted by molar-refractivity contribution is 0.281. The first-order valence-corrected chi connectivity index (χ1v) is 7.12. The van der Waals surface area contributed by atoms with Crippen LogP contribution in [0.5, 0.6) is 0 Å². The number of aliphatic hydroxyl groups excluding tert-OH is 1. The molecular formula is C14H15BrN4O. The lowest BCUT2D eigenvalue weighted by atomic mass is 10.3. The zero-order valence-electron chi connectivity index (χ0n) is 11.3. The average molecular weight is 335 g/mol. The second-order valence-electron chi connectivity index (χ2n) is 4.82. The molecule has 0 saturated carbocycles. The van der Waals surface area contributed by atoms with Crippen LogP contribution in [0, 0.1) is 6.92 Å². The Morgan fingerprint density at radius 1 is 1.35 bits per heavy atom. The lowest BCUT2D eigenvalue weighted by Gasteiger charge is -2.02. The Kier molecular flexibility index (Phi) is 3.35. The molecule has 0 aliphatic heterocycles. The van der Waals surface area contributed by atoms with E-state index in [9.17, 15) is 5.11 Å². The van der Waals surface area contributed by atoms with Gasteiger partial charge in [-0.25, -0.2) is 4.98 Å². The Bertz CT molecular complexity index is 775. The van der Waals surface area contributed by atoms with E-state index >= 15 is 0 Å². The van der Waals surface area contributed by atoms with Gasteiger partial charge in [0.05, 0.1) is 29.9 Å². The molecule has 0 aliphatic carbocycles. The predicted octanol–water partition coefficient (Wildman–Crippen LogP) is 2.38. The van der Waals surface area contributed by atoms with Crippen LogP contribution in [0.3, 0.4) is 0 Å². The molecule has 3 rings (SSSR count). The van der Waals surface area contributed by atoms with E-state index in [4.69, 9.17) is 0 Å². The minimum absolute atomic E-state index is 0.0152. The number of hydrogen-bond acceptors (Lipinski definition) is 3. The van der Waals surface area contributed by atoms with Crippen molar-refractivity contribution in [2.24, 2.45) is 7.05 Å². The van der Waals surface area contributed by atoms with Crippen molar-refractivity contribution in [2.45, 2.75) is 20.1 Å². The monoisotopic (exact) mass is 334 g/mol. The Balaban J connectivity index is 1.99. The summed E-state index contributed by atoms with van der Waals surface area (Å²) in [6.07, 6.45) is 1.87. The maximum atomic E-state index is 9.22. The molecule has 0 saturated heterocycles. The van der Waals surface area contributed by atoms with Crippen LogP contribution in [0.15, 0.2) is 28.9 Å². The number of imidazole rings is 1. The maximum Gasteiger partial charge on any atom is 0.131 e. The summed E-state index contributed by atoms with van der Waals surface area (Å²) in [5.74, 6) is 0.935. The number of benzene rings is 1. The van der Waals surface area contributed by atoms with Crippen LogP contribution in [-0.2, 0) is 20.2 Å². The number of hydrogen-bond donors (Lipinski definition) is 1. The van der Waals surface area contributed by atoms with E-state index in [2.05, 4.69) is 36.6 Å². The molecule has 5 nitrogen and oxygen atoms in total. The molecule has 0 bridgehead atoms. The first-order chi connectivity index (χ1) is 9.58. The van der Waals surface area contributed by atoms with Crippen molar-refractivity contribution in [3.05, 3.63) is 46.0 Å². The second kappa shape index (κ2) is 5.03. The predicted molar refractivity (Wildman–Crippen MR) is 80.4 cm³/mol. The van der Waals surface area contributed by atoms with Crippen molar-refractivity contribution in [1.29, 1.82) is 0 Å². The molecule has 104 valence electrons. The molecule has 0 amide bonds. The van der Waals surface area contributed by atoms with E-state index in [1.54, 1.807) is 0 Å². The number of halogens is 1. The molecule has 0 atom stereocenters. The summed E-state index contributed by atoms with van der Waals surface area (Å²) in [4.78, 5) is 4.63. The highest BCUT2D eigenvalue weighted by Gasteiger charge is 2.10. The third-order valence-corrected chi connectivity index (χ3v) is 3.95. The van der Waals surface area contributed by atoms with Crippen LogP contribution in [0.2, 0.25) is 0 Å². The van der Waals surface area contributed by atoms with Gasteiger partial charge in [0, 0.05) is 23.3 Å². The van der Waals surface area contributed by atoms with Gasteiger partial charge >= 0.3 is 0 Å². The van der Waals surface area contributed by atoms with E-state index in [0.29, 0.717) is 6.54 Å². The quantitative estimate of drug-likeness (QED) is 0.800. The minimum atomic E-state index is 0.0152. The molecule has 1 aromatic carbocycles. The molecule has 0 unspecified atom stereocenters. The molecule has 0 radical (unpaired) electrons. The van der Waals surface area contributed by atoms with Crippen molar-refractivity contribution in [1.82, 2.24) is 19.3 Å². The fourth-order valence-corrected chi connectivity index (χ4v) is 2.64. The second-order valence-corrected chi connectivity index (χ2v) is 5.73. The Hall–Kier alpha value is -1.66. The van der Waals surface area contributed by atoms with Crippen LogP contribution in [0.4, 0.5) is 0 Å². The number of fused-ring (bicyclic) bond motifs is 1. The number of rotatable bonds is 3. The van der Waals surface area contributed by atoms with E-state index in [0.717, 1.165) is 32.6 Å². The zero-order chi connectivity index (χ0) is 14.3. The zero-order valence-corrected chi connectivity index (χ0v) is 12.9. The van der Waals surface area contributed by atoms with Gasteiger partial charge in [0.25, 0.3) is 0 Å². The first-order valence-electron chi connectivity index (χ1n) is 6.33. The highest BCUT2D eigenvalue weighted by molar-refractivity contribution is 9.10. The van der Waals surface area contributed by atoms with Gasteiger partial charge in [0.2, 0.25) is 0 Å². The highest BCUT2D eigenvalue weighted by atomic mass is 79.9. The fraction of sp³-hybridized carbons (Fsp3) is 0.286. The molecule has 2 aromatic heterocycles. The van der Waals surface area contributed by atoms with Gasteiger partial charge in [0.15, 0.2) is 0 Å². The standard InChI is InChI=1S/C14H15BrN4O/c1-9-10(8-20)6-19(17-9)7-14-16-12-4-3-11(15)5-13(12)18(14)2/h3-6,20H,7-8H2,1-2H3. The Morgan fingerprint density at radius 2 is 2.15 bits per heavy atom. The van der Waals surface area contributed by atoms with Crippen molar-refractivity contribution < 1.29 is 5.11 Å². The van der Waals surface area contributed by atoms with E-state index in [1.807, 2.05) is 37.0 Å². The van der Waals surface area contributed by atoms with Gasteiger partial charge < -0.3 is 9.67 Å². The van der Waals surface area contributed by atoms with Gasteiger partial charge in [-0.1, -0.05) is 15.9 Å². The SMILES string of the molecule is Cc1nn(Cc2nc3ccc(Br)cc3n2C)cc1CO. The van der Waals surface area contributed by atoms with Crippen molar-refractivity contribution in [2.75, 3.05) is 0 Å². The smallest absolute Gasteiger partial charge is 0.131 e. The molecule has 3 aromatic rings. The van der Waals surface area contributed by atoms with Gasteiger partial charge in [-0.05, 0) is 25.1 Å². The molecule has 20 heavy (non-hydrogen) atoms. The molecule has 0 aliphatic rings. The normalized spacial score (nSPS) is 11.4. The molecular weight excluding hydrogens is 320 g/mol. The van der Waals surface area contributed by atoms with Crippen molar-refractivity contribution >= 4 is 27.0 Å². The van der Waals surface area contributed by atoms with Crippen LogP contribution in [0.1, 0.15) is 17.1 Å². The van der Waals surface area contributed by atoms with Gasteiger partial charge in [-0.2, -0.15) is 5.10 Å². The average Bonchev–Trinajstić information content (AvgIpc) is 2.92. The summed E-state index contributed by atoms with van der Waals surface area (Å²) in [7, 11) is 2.00. The van der Waals surface area contributed by atoms with E-state index in [-0.39, 0.29) is 6.61 Å². The molecule has 0 fully saturated rings.